The van der Waals surface area contributed by atoms with E-state index in [1.807, 2.05) is 0 Å². The number of nitrogens with zero attached hydrogens (tertiary/aromatic N) is 2. The van der Waals surface area contributed by atoms with Crippen molar-refractivity contribution >= 4 is 17.7 Å². The summed E-state index contributed by atoms with van der Waals surface area (Å²) < 4.78 is -0.172. The Labute approximate surface area is 107 Å². The summed E-state index contributed by atoms with van der Waals surface area (Å²) in [5.41, 5.74) is -0.781. The molecule has 1 saturated heterocycles. The van der Waals surface area contributed by atoms with Gasteiger partial charge in [0.2, 0.25) is 5.91 Å². The van der Waals surface area contributed by atoms with Crippen LogP contribution in [0.3, 0.4) is 0 Å². The van der Waals surface area contributed by atoms with Crippen LogP contribution < -0.4 is 5.84 Å². The molecule has 2 aliphatic heterocycles. The fraction of sp³-hybridized carbons (Fsp3) is 0.250. The topological polar surface area (TPSA) is 101 Å². The molecule has 3 amide bonds. The predicted octanol–water partition coefficient (Wildman–Crippen LogP) is -0.510. The molecule has 2 heterocycles. The molecular weight excluding hydrogens is 250 g/mol. The second-order valence-corrected chi connectivity index (χ2v) is 4.73. The second-order valence-electron chi connectivity index (χ2n) is 4.73. The molecule has 1 atom stereocenters. The van der Waals surface area contributed by atoms with Crippen LogP contribution >= 0.6 is 0 Å². The summed E-state index contributed by atoms with van der Waals surface area (Å²) in [5, 5.41) is 0.915. The standard InChI is InChI=1S/C12H10N3O4/c13-14-6-12(5-9(14)16)8-4-2-1-3-7(8)10(17)15(19)11(12)18/h1-4H,5-6,13H2/q+1. The molecule has 7 nitrogen and oxygen atoms in total. The molecule has 2 aliphatic rings. The molecular formula is C12H10N3O4+. The summed E-state index contributed by atoms with van der Waals surface area (Å²) in [6.07, 6.45) is -0.189. The first-order chi connectivity index (χ1) is 8.97. The third kappa shape index (κ3) is 1.33. The van der Waals surface area contributed by atoms with Gasteiger partial charge < -0.3 is 0 Å². The molecule has 1 aromatic carbocycles. The minimum atomic E-state index is -1.34. The lowest BCUT2D eigenvalue weighted by Crippen LogP contribution is -2.51. The number of hydrogen-bond acceptors (Lipinski definition) is 5. The molecule has 19 heavy (non-hydrogen) atoms. The van der Waals surface area contributed by atoms with Crippen molar-refractivity contribution in [3.05, 3.63) is 40.3 Å². The first-order valence-electron chi connectivity index (χ1n) is 5.68. The summed E-state index contributed by atoms with van der Waals surface area (Å²) in [7, 11) is 0. The fourth-order valence-corrected chi connectivity index (χ4v) is 2.72. The van der Waals surface area contributed by atoms with Crippen LogP contribution in [0.15, 0.2) is 24.3 Å². The van der Waals surface area contributed by atoms with Gasteiger partial charge in [0.15, 0.2) is 10.2 Å². The smallest absolute Gasteiger partial charge is 0.279 e. The number of carbonyl (C=O) groups is 3. The number of benzene rings is 1. The van der Waals surface area contributed by atoms with Crippen molar-refractivity contribution in [2.24, 2.45) is 5.84 Å². The summed E-state index contributed by atoms with van der Waals surface area (Å²) >= 11 is 0. The van der Waals surface area contributed by atoms with Crippen molar-refractivity contribution in [2.75, 3.05) is 6.54 Å². The highest BCUT2D eigenvalue weighted by molar-refractivity contribution is 6.06. The Hall–Kier alpha value is -2.41. The van der Waals surface area contributed by atoms with Gasteiger partial charge in [0.25, 0.3) is 0 Å². The van der Waals surface area contributed by atoms with Gasteiger partial charge in [-0.1, -0.05) is 18.2 Å². The Kier molecular flexibility index (Phi) is 2.18. The summed E-state index contributed by atoms with van der Waals surface area (Å²) in [5.74, 6) is 3.27. The van der Waals surface area contributed by atoms with Gasteiger partial charge in [0.1, 0.15) is 5.56 Å². The lowest BCUT2D eigenvalue weighted by Gasteiger charge is -2.25. The molecule has 0 radical (unpaired) electrons. The zero-order valence-corrected chi connectivity index (χ0v) is 9.83. The van der Waals surface area contributed by atoms with Crippen LogP contribution in [-0.4, -0.2) is 34.0 Å². The Morgan fingerprint density at radius 3 is 2.53 bits per heavy atom. The lowest BCUT2D eigenvalue weighted by molar-refractivity contribution is -0.387. The molecule has 2 N–H and O–H groups in total. The molecule has 0 saturated carbocycles. The lowest BCUT2D eigenvalue weighted by atomic mass is 9.74. The number of nitrogens with two attached hydrogens (primary N) is 1. The van der Waals surface area contributed by atoms with Crippen LogP contribution in [0.2, 0.25) is 0 Å². The van der Waals surface area contributed by atoms with E-state index in [0.717, 1.165) is 5.01 Å². The number of nitroso groups, excluding NO2 is 1. The van der Waals surface area contributed by atoms with E-state index in [0.29, 0.717) is 5.56 Å². The highest BCUT2D eigenvalue weighted by Gasteiger charge is 2.63. The highest BCUT2D eigenvalue weighted by atomic mass is 16.3. The van der Waals surface area contributed by atoms with Gasteiger partial charge in [-0.25, -0.2) is 15.4 Å². The SMILES string of the molecule is NN1CC2(CC1=O)C(=O)[N+](=O)C(=O)c1ccccc12. The van der Waals surface area contributed by atoms with Gasteiger partial charge in [0.05, 0.1) is 13.0 Å². The van der Waals surface area contributed by atoms with E-state index >= 15 is 0 Å². The summed E-state index contributed by atoms with van der Waals surface area (Å²) in [4.78, 5) is 47.3. The first kappa shape index (κ1) is 11.7. The molecule has 0 aliphatic carbocycles. The van der Waals surface area contributed by atoms with Crippen molar-refractivity contribution < 1.29 is 19.1 Å². The maximum Gasteiger partial charge on any atom is 0.475 e. The maximum absolute atomic E-state index is 12.2. The average Bonchev–Trinajstić information content (AvgIpc) is 2.72. The van der Waals surface area contributed by atoms with Gasteiger partial charge in [-0.05, 0) is 11.6 Å². The van der Waals surface area contributed by atoms with Crippen molar-refractivity contribution in [1.29, 1.82) is 0 Å². The van der Waals surface area contributed by atoms with Crippen LogP contribution in [0.25, 0.3) is 0 Å². The van der Waals surface area contributed by atoms with Gasteiger partial charge >= 0.3 is 11.8 Å². The number of hydrazine groups is 1. The number of rotatable bonds is 0. The maximum atomic E-state index is 12.2. The van der Waals surface area contributed by atoms with E-state index in [2.05, 4.69) is 0 Å². The molecule has 3 rings (SSSR count). The van der Waals surface area contributed by atoms with Crippen molar-refractivity contribution in [3.8, 4) is 0 Å². The normalized spacial score (nSPS) is 26.3. The molecule has 0 bridgehead atoms. The van der Waals surface area contributed by atoms with Crippen molar-refractivity contribution in [1.82, 2.24) is 5.01 Å². The zero-order valence-electron chi connectivity index (χ0n) is 9.83. The summed E-state index contributed by atoms with van der Waals surface area (Å²) in [6, 6.07) is 6.32. The van der Waals surface area contributed by atoms with E-state index in [1.165, 1.54) is 6.07 Å². The van der Waals surface area contributed by atoms with Gasteiger partial charge in [-0.15, -0.1) is 0 Å². The van der Waals surface area contributed by atoms with Gasteiger partial charge in [-0.2, -0.15) is 0 Å². The molecule has 7 heteroatoms. The fourth-order valence-electron chi connectivity index (χ4n) is 2.72. The molecule has 96 valence electrons. The molecule has 1 spiro atoms. The number of hydrogen-bond donors (Lipinski definition) is 1. The van der Waals surface area contributed by atoms with Crippen LogP contribution in [0, 0.1) is 4.91 Å². The van der Waals surface area contributed by atoms with E-state index in [4.69, 9.17) is 5.84 Å². The Balaban J connectivity index is 2.28. The van der Waals surface area contributed by atoms with Gasteiger partial charge in [0, 0.05) is 4.91 Å². The quantitative estimate of drug-likeness (QED) is 0.293. The molecule has 1 aromatic rings. The van der Waals surface area contributed by atoms with Crippen LogP contribution in [-0.2, 0) is 15.0 Å². The van der Waals surface area contributed by atoms with Crippen molar-refractivity contribution in [3.63, 3.8) is 0 Å². The average molecular weight is 260 g/mol. The van der Waals surface area contributed by atoms with Crippen LogP contribution in [0.1, 0.15) is 22.3 Å². The number of amides is 3. The minimum absolute atomic E-state index is 0.0896. The number of carbonyl (C=O) groups excluding carboxylic acids is 3. The summed E-state index contributed by atoms with van der Waals surface area (Å²) in [6.45, 7) is -0.0896. The molecule has 0 aromatic heterocycles. The molecule has 1 unspecified atom stereocenters. The minimum Gasteiger partial charge on any atom is -0.279 e. The first-order valence-corrected chi connectivity index (χ1v) is 5.68. The van der Waals surface area contributed by atoms with Crippen molar-refractivity contribution in [2.45, 2.75) is 11.8 Å². The molecule has 1 fully saturated rings. The largest absolute Gasteiger partial charge is 0.475 e. The van der Waals surface area contributed by atoms with Crippen LogP contribution in [0.5, 0.6) is 0 Å². The second kappa shape index (κ2) is 3.55. The predicted molar refractivity (Wildman–Crippen MR) is 61.6 cm³/mol. The van der Waals surface area contributed by atoms with Crippen LogP contribution in [0.4, 0.5) is 0 Å². The van der Waals surface area contributed by atoms with Gasteiger partial charge in [-0.3, -0.25) is 9.80 Å². The Morgan fingerprint density at radius 1 is 1.21 bits per heavy atom. The Bertz CT molecular complexity index is 654. The Morgan fingerprint density at radius 2 is 1.89 bits per heavy atom. The monoisotopic (exact) mass is 260 g/mol. The van der Waals surface area contributed by atoms with E-state index < -0.39 is 23.1 Å². The number of imide groups is 1. The third-order valence-electron chi connectivity index (χ3n) is 3.66. The number of fused-ring (bicyclic) bond motifs is 2. The van der Waals surface area contributed by atoms with E-state index in [9.17, 15) is 19.3 Å². The van der Waals surface area contributed by atoms with E-state index in [-0.39, 0.29) is 23.3 Å². The highest BCUT2D eigenvalue weighted by Crippen LogP contribution is 2.40. The zero-order chi connectivity index (χ0) is 13.8. The van der Waals surface area contributed by atoms with E-state index in [1.54, 1.807) is 18.2 Å². The third-order valence-corrected chi connectivity index (χ3v) is 3.66.